The number of urea groups is 1. The van der Waals surface area contributed by atoms with Crippen LogP contribution in [0.3, 0.4) is 0 Å². The standard InChI is InChI=1S/C12H18N4O3/c1-9(11(17)18)16(8-2-5-15-12(13)19)10-3-6-14-7-4-10/h3-4,6-7,9H,2,5,8H2,1H3,(H,17,18)(H3,13,15,19)/t9-/m0/s1. The van der Waals surface area contributed by atoms with E-state index in [0.29, 0.717) is 19.5 Å². The topological polar surface area (TPSA) is 109 Å². The van der Waals surface area contributed by atoms with Crippen LogP contribution >= 0.6 is 0 Å². The van der Waals surface area contributed by atoms with Crippen LogP contribution in [0.1, 0.15) is 13.3 Å². The van der Waals surface area contributed by atoms with Gasteiger partial charge >= 0.3 is 12.0 Å². The lowest BCUT2D eigenvalue weighted by Crippen LogP contribution is -2.41. The molecule has 0 bridgehead atoms. The van der Waals surface area contributed by atoms with Gasteiger partial charge in [0, 0.05) is 31.2 Å². The van der Waals surface area contributed by atoms with E-state index in [1.165, 1.54) is 0 Å². The Labute approximate surface area is 111 Å². The highest BCUT2D eigenvalue weighted by atomic mass is 16.4. The zero-order valence-electron chi connectivity index (χ0n) is 10.7. The number of hydrogen-bond donors (Lipinski definition) is 3. The van der Waals surface area contributed by atoms with Crippen LogP contribution in [0.4, 0.5) is 10.5 Å². The third kappa shape index (κ3) is 4.82. The number of rotatable bonds is 7. The molecule has 1 aromatic heterocycles. The Morgan fingerprint density at radius 2 is 2.11 bits per heavy atom. The summed E-state index contributed by atoms with van der Waals surface area (Å²) < 4.78 is 0. The van der Waals surface area contributed by atoms with Gasteiger partial charge in [-0.25, -0.2) is 9.59 Å². The molecule has 0 radical (unpaired) electrons. The molecular weight excluding hydrogens is 248 g/mol. The summed E-state index contributed by atoms with van der Waals surface area (Å²) in [5, 5.41) is 11.6. The van der Waals surface area contributed by atoms with E-state index in [4.69, 9.17) is 10.8 Å². The van der Waals surface area contributed by atoms with Crippen LogP contribution < -0.4 is 16.0 Å². The number of amides is 2. The summed E-state index contributed by atoms with van der Waals surface area (Å²) in [7, 11) is 0. The Morgan fingerprint density at radius 3 is 2.63 bits per heavy atom. The quantitative estimate of drug-likeness (QED) is 0.620. The second kappa shape index (κ2) is 7.20. The highest BCUT2D eigenvalue weighted by molar-refractivity contribution is 5.77. The van der Waals surface area contributed by atoms with Gasteiger partial charge in [0.1, 0.15) is 6.04 Å². The highest BCUT2D eigenvalue weighted by Crippen LogP contribution is 2.16. The second-order valence-electron chi connectivity index (χ2n) is 4.06. The van der Waals surface area contributed by atoms with Crippen molar-refractivity contribution in [3.8, 4) is 0 Å². The molecular formula is C12H18N4O3. The molecule has 7 heteroatoms. The molecule has 4 N–H and O–H groups in total. The minimum atomic E-state index is -0.903. The fraction of sp³-hybridized carbons (Fsp3) is 0.417. The fourth-order valence-corrected chi connectivity index (χ4v) is 1.68. The van der Waals surface area contributed by atoms with Gasteiger partial charge in [-0.15, -0.1) is 0 Å². The Balaban J connectivity index is 2.66. The van der Waals surface area contributed by atoms with Crippen molar-refractivity contribution in [1.82, 2.24) is 10.3 Å². The molecule has 0 aromatic carbocycles. The first kappa shape index (κ1) is 14.7. The summed E-state index contributed by atoms with van der Waals surface area (Å²) >= 11 is 0. The number of carboxylic acids is 1. The Kier molecular flexibility index (Phi) is 5.59. The van der Waals surface area contributed by atoms with Crippen LogP contribution in [-0.2, 0) is 4.79 Å². The van der Waals surface area contributed by atoms with Crippen LogP contribution in [0.5, 0.6) is 0 Å². The summed E-state index contributed by atoms with van der Waals surface area (Å²) in [5.74, 6) is -0.903. The Morgan fingerprint density at radius 1 is 1.47 bits per heavy atom. The monoisotopic (exact) mass is 266 g/mol. The van der Waals surface area contributed by atoms with E-state index in [1.54, 1.807) is 36.4 Å². The van der Waals surface area contributed by atoms with Crippen molar-refractivity contribution in [1.29, 1.82) is 0 Å². The van der Waals surface area contributed by atoms with Crippen molar-refractivity contribution in [3.05, 3.63) is 24.5 Å². The number of pyridine rings is 1. The molecule has 2 amide bonds. The molecule has 0 spiro atoms. The third-order valence-electron chi connectivity index (χ3n) is 2.69. The summed E-state index contributed by atoms with van der Waals surface area (Å²) in [6, 6.07) is 2.26. The first-order valence-electron chi connectivity index (χ1n) is 5.95. The number of aromatic nitrogens is 1. The van der Waals surface area contributed by atoms with Gasteiger partial charge in [-0.05, 0) is 25.5 Å². The van der Waals surface area contributed by atoms with Crippen LogP contribution in [0.2, 0.25) is 0 Å². The number of nitrogens with two attached hydrogens (primary N) is 1. The molecule has 0 aliphatic heterocycles. The molecule has 0 fully saturated rings. The van der Waals surface area contributed by atoms with Crippen molar-refractivity contribution in [3.63, 3.8) is 0 Å². The fourth-order valence-electron chi connectivity index (χ4n) is 1.68. The maximum Gasteiger partial charge on any atom is 0.326 e. The molecule has 19 heavy (non-hydrogen) atoms. The number of nitrogens with zero attached hydrogens (tertiary/aromatic N) is 2. The first-order valence-corrected chi connectivity index (χ1v) is 5.95. The largest absolute Gasteiger partial charge is 0.480 e. The molecule has 1 heterocycles. The number of primary amides is 1. The molecule has 1 atom stereocenters. The number of anilines is 1. The molecule has 104 valence electrons. The minimum absolute atomic E-state index is 0.406. The third-order valence-corrected chi connectivity index (χ3v) is 2.69. The molecule has 0 aliphatic rings. The first-order chi connectivity index (χ1) is 9.02. The Bertz CT molecular complexity index is 424. The summed E-state index contributed by atoms with van der Waals surface area (Å²) in [5.41, 5.74) is 5.74. The van der Waals surface area contributed by atoms with Gasteiger partial charge in [-0.2, -0.15) is 0 Å². The predicted octanol–water partition coefficient (Wildman–Crippen LogP) is 0.420. The van der Waals surface area contributed by atoms with Gasteiger partial charge < -0.3 is 21.1 Å². The van der Waals surface area contributed by atoms with E-state index in [0.717, 1.165) is 5.69 Å². The summed E-state index contributed by atoms with van der Waals surface area (Å²) in [6.07, 6.45) is 3.82. The normalized spacial score (nSPS) is 11.6. The van der Waals surface area contributed by atoms with E-state index >= 15 is 0 Å². The molecule has 0 saturated heterocycles. The number of hydrogen-bond acceptors (Lipinski definition) is 4. The smallest absolute Gasteiger partial charge is 0.326 e. The van der Waals surface area contributed by atoms with Crippen LogP contribution in [0.15, 0.2) is 24.5 Å². The number of nitrogens with one attached hydrogen (secondary N) is 1. The lowest BCUT2D eigenvalue weighted by molar-refractivity contribution is -0.138. The summed E-state index contributed by atoms with van der Waals surface area (Å²) in [6.45, 7) is 2.52. The van der Waals surface area contributed by atoms with Crippen LogP contribution in [-0.4, -0.2) is 41.2 Å². The van der Waals surface area contributed by atoms with Gasteiger partial charge in [0.15, 0.2) is 0 Å². The Hall–Kier alpha value is -2.31. The van der Waals surface area contributed by atoms with Crippen molar-refractivity contribution < 1.29 is 14.7 Å². The van der Waals surface area contributed by atoms with Crippen molar-refractivity contribution in [2.75, 3.05) is 18.0 Å². The van der Waals surface area contributed by atoms with E-state index in [-0.39, 0.29) is 0 Å². The molecule has 0 saturated carbocycles. The SMILES string of the molecule is C[C@@H](C(=O)O)N(CCCNC(N)=O)c1ccncc1. The average Bonchev–Trinajstić information content (AvgIpc) is 2.38. The number of carbonyl (C=O) groups excluding carboxylic acids is 1. The average molecular weight is 266 g/mol. The van der Waals surface area contributed by atoms with Crippen molar-refractivity contribution in [2.45, 2.75) is 19.4 Å². The minimum Gasteiger partial charge on any atom is -0.480 e. The van der Waals surface area contributed by atoms with Gasteiger partial charge in [-0.1, -0.05) is 0 Å². The molecule has 1 aromatic rings. The van der Waals surface area contributed by atoms with E-state index in [2.05, 4.69) is 10.3 Å². The zero-order valence-corrected chi connectivity index (χ0v) is 10.7. The van der Waals surface area contributed by atoms with Gasteiger partial charge in [-0.3, -0.25) is 4.98 Å². The molecule has 0 unspecified atom stereocenters. The lowest BCUT2D eigenvalue weighted by Gasteiger charge is -2.28. The van der Waals surface area contributed by atoms with Gasteiger partial charge in [0.05, 0.1) is 0 Å². The van der Waals surface area contributed by atoms with E-state index < -0.39 is 18.0 Å². The van der Waals surface area contributed by atoms with Crippen molar-refractivity contribution >= 4 is 17.7 Å². The second-order valence-corrected chi connectivity index (χ2v) is 4.06. The maximum absolute atomic E-state index is 11.1. The predicted molar refractivity (Wildman–Crippen MR) is 70.9 cm³/mol. The van der Waals surface area contributed by atoms with E-state index in [1.807, 2.05) is 0 Å². The number of carboxylic acid groups (broad SMARTS) is 1. The number of carbonyl (C=O) groups is 2. The molecule has 1 rings (SSSR count). The zero-order chi connectivity index (χ0) is 14.3. The molecule has 7 nitrogen and oxygen atoms in total. The van der Waals surface area contributed by atoms with Crippen LogP contribution in [0.25, 0.3) is 0 Å². The van der Waals surface area contributed by atoms with Gasteiger partial charge in [0.2, 0.25) is 0 Å². The highest BCUT2D eigenvalue weighted by Gasteiger charge is 2.20. The summed E-state index contributed by atoms with van der Waals surface area (Å²) in [4.78, 5) is 27.3. The molecule has 0 aliphatic carbocycles. The van der Waals surface area contributed by atoms with Gasteiger partial charge in [0.25, 0.3) is 0 Å². The lowest BCUT2D eigenvalue weighted by atomic mass is 10.2. The van der Waals surface area contributed by atoms with E-state index in [9.17, 15) is 9.59 Å². The van der Waals surface area contributed by atoms with Crippen LogP contribution in [0, 0.1) is 0 Å². The number of aliphatic carboxylic acids is 1. The van der Waals surface area contributed by atoms with Crippen molar-refractivity contribution in [2.24, 2.45) is 5.73 Å². The maximum atomic E-state index is 11.1.